The number of benzene rings is 1. The summed E-state index contributed by atoms with van der Waals surface area (Å²) in [5, 5.41) is 7.15. The number of nitrogens with one attached hydrogen (secondary N) is 2. The second-order valence-corrected chi connectivity index (χ2v) is 5.44. The Morgan fingerprint density at radius 2 is 2.13 bits per heavy atom. The zero-order valence-corrected chi connectivity index (χ0v) is 15.5. The lowest BCUT2D eigenvalue weighted by Crippen LogP contribution is -2.35. The molecule has 2 rings (SSSR count). The van der Waals surface area contributed by atoms with Gasteiger partial charge in [0.1, 0.15) is 5.75 Å². The summed E-state index contributed by atoms with van der Waals surface area (Å²) in [6, 6.07) is 5.40. The number of ether oxygens (including phenoxy) is 1. The van der Waals surface area contributed by atoms with Gasteiger partial charge in [0, 0.05) is 37.6 Å². The molecule has 1 aromatic rings. The van der Waals surface area contributed by atoms with E-state index >= 15 is 0 Å². The molecular formula is C15H24Cl3N3O2. The molecule has 0 spiro atoms. The maximum Gasteiger partial charge on any atom is 0.224 e. The van der Waals surface area contributed by atoms with E-state index in [-0.39, 0.29) is 30.7 Å². The highest BCUT2D eigenvalue weighted by Crippen LogP contribution is 2.27. The zero-order chi connectivity index (χ0) is 15.1. The van der Waals surface area contributed by atoms with Gasteiger partial charge in [0.25, 0.3) is 0 Å². The van der Waals surface area contributed by atoms with Crippen molar-refractivity contribution in [3.05, 3.63) is 23.2 Å². The maximum absolute atomic E-state index is 12.2. The number of anilines is 1. The minimum absolute atomic E-state index is 0. The minimum atomic E-state index is 0. The first-order valence-corrected chi connectivity index (χ1v) is 7.64. The summed E-state index contributed by atoms with van der Waals surface area (Å²) >= 11 is 5.98. The number of nitrogens with zero attached hydrogens (tertiary/aromatic N) is 1. The number of halogens is 3. The molecule has 0 aliphatic carbocycles. The van der Waals surface area contributed by atoms with Gasteiger partial charge in [-0.25, -0.2) is 0 Å². The number of methoxy groups -OCH3 is 1. The van der Waals surface area contributed by atoms with Crippen LogP contribution in [0.25, 0.3) is 0 Å². The first-order chi connectivity index (χ1) is 10.2. The topological polar surface area (TPSA) is 53.6 Å². The van der Waals surface area contributed by atoms with E-state index in [0.717, 1.165) is 44.0 Å². The summed E-state index contributed by atoms with van der Waals surface area (Å²) in [6.45, 7) is 4.06. The molecule has 0 aromatic heterocycles. The van der Waals surface area contributed by atoms with Crippen LogP contribution in [-0.2, 0) is 4.79 Å². The summed E-state index contributed by atoms with van der Waals surface area (Å²) in [7, 11) is 1.61. The molecule has 0 atom stereocenters. The van der Waals surface area contributed by atoms with Crippen LogP contribution >= 0.6 is 36.4 Å². The molecule has 1 aliphatic heterocycles. The summed E-state index contributed by atoms with van der Waals surface area (Å²) < 4.78 is 5.27. The van der Waals surface area contributed by atoms with Crippen molar-refractivity contribution >= 4 is 48.0 Å². The van der Waals surface area contributed by atoms with Crippen LogP contribution in [0.2, 0.25) is 5.02 Å². The van der Waals surface area contributed by atoms with E-state index in [9.17, 15) is 4.79 Å². The molecule has 0 saturated carbocycles. The molecule has 1 fully saturated rings. The number of hydrogen-bond donors (Lipinski definition) is 2. The van der Waals surface area contributed by atoms with E-state index in [1.165, 1.54) is 0 Å². The van der Waals surface area contributed by atoms with Crippen LogP contribution < -0.4 is 15.4 Å². The second-order valence-electron chi connectivity index (χ2n) is 5.01. The van der Waals surface area contributed by atoms with E-state index in [2.05, 4.69) is 10.6 Å². The molecule has 2 N–H and O–H groups in total. The van der Waals surface area contributed by atoms with Crippen LogP contribution in [0, 0.1) is 0 Å². The van der Waals surface area contributed by atoms with E-state index in [1.54, 1.807) is 19.2 Å². The van der Waals surface area contributed by atoms with Crippen molar-refractivity contribution in [1.82, 2.24) is 10.2 Å². The van der Waals surface area contributed by atoms with Crippen molar-refractivity contribution in [1.29, 1.82) is 0 Å². The van der Waals surface area contributed by atoms with Crippen LogP contribution in [-0.4, -0.2) is 50.6 Å². The predicted molar refractivity (Wildman–Crippen MR) is 99.7 cm³/mol. The standard InChI is InChI=1S/C15H22ClN3O2.2ClH/c1-21-14-4-3-12(16)11-13(14)18-7-5-15(20)19-9-2-6-17-8-10-19;;/h3-4,11,17-18H,2,5-10H2,1H3;2*1H. The third-order valence-corrected chi connectivity index (χ3v) is 3.74. The lowest BCUT2D eigenvalue weighted by Gasteiger charge is -2.20. The first kappa shape index (κ1) is 22.1. The maximum atomic E-state index is 12.2. The van der Waals surface area contributed by atoms with Gasteiger partial charge in [-0.2, -0.15) is 0 Å². The van der Waals surface area contributed by atoms with Crippen LogP contribution in [0.15, 0.2) is 18.2 Å². The fourth-order valence-electron chi connectivity index (χ4n) is 2.38. The van der Waals surface area contributed by atoms with Crippen molar-refractivity contribution in [3.8, 4) is 5.75 Å². The largest absolute Gasteiger partial charge is 0.495 e. The Hall–Kier alpha value is -0.880. The third kappa shape index (κ3) is 7.04. The SMILES string of the molecule is COc1ccc(Cl)cc1NCCC(=O)N1CCCNCC1.Cl.Cl. The Morgan fingerprint density at radius 3 is 2.87 bits per heavy atom. The zero-order valence-electron chi connectivity index (χ0n) is 13.1. The Labute approximate surface area is 154 Å². The van der Waals surface area contributed by atoms with E-state index in [1.807, 2.05) is 11.0 Å². The smallest absolute Gasteiger partial charge is 0.224 e. The summed E-state index contributed by atoms with van der Waals surface area (Å²) in [6.07, 6.45) is 1.48. The molecule has 1 heterocycles. The van der Waals surface area contributed by atoms with Gasteiger partial charge in [0.05, 0.1) is 12.8 Å². The number of rotatable bonds is 5. The van der Waals surface area contributed by atoms with Crippen molar-refractivity contribution in [3.63, 3.8) is 0 Å². The highest BCUT2D eigenvalue weighted by Gasteiger charge is 2.14. The fraction of sp³-hybridized carbons (Fsp3) is 0.533. The van der Waals surface area contributed by atoms with E-state index < -0.39 is 0 Å². The molecule has 0 bridgehead atoms. The normalized spacial score (nSPS) is 14.1. The van der Waals surface area contributed by atoms with Gasteiger partial charge in [-0.1, -0.05) is 11.6 Å². The molecular weight excluding hydrogens is 361 g/mol. The number of carbonyl (C=O) groups is 1. The monoisotopic (exact) mass is 383 g/mol. The van der Waals surface area contributed by atoms with E-state index in [0.29, 0.717) is 18.0 Å². The molecule has 1 aromatic carbocycles. The number of carbonyl (C=O) groups excluding carboxylic acids is 1. The lowest BCUT2D eigenvalue weighted by atomic mass is 10.2. The molecule has 1 aliphatic rings. The first-order valence-electron chi connectivity index (χ1n) is 7.26. The van der Waals surface area contributed by atoms with Gasteiger partial charge in [-0.3, -0.25) is 4.79 Å². The van der Waals surface area contributed by atoms with Crippen LogP contribution in [0.1, 0.15) is 12.8 Å². The Morgan fingerprint density at radius 1 is 1.35 bits per heavy atom. The quantitative estimate of drug-likeness (QED) is 0.819. The number of amides is 1. The fourth-order valence-corrected chi connectivity index (χ4v) is 2.55. The van der Waals surface area contributed by atoms with Crippen molar-refractivity contribution in [2.45, 2.75) is 12.8 Å². The molecule has 0 radical (unpaired) electrons. The van der Waals surface area contributed by atoms with Crippen molar-refractivity contribution < 1.29 is 9.53 Å². The highest BCUT2D eigenvalue weighted by molar-refractivity contribution is 6.30. The molecule has 1 saturated heterocycles. The van der Waals surface area contributed by atoms with Crippen LogP contribution in [0.3, 0.4) is 0 Å². The van der Waals surface area contributed by atoms with Crippen LogP contribution in [0.4, 0.5) is 5.69 Å². The Kier molecular flexibility index (Phi) is 11.2. The third-order valence-electron chi connectivity index (χ3n) is 3.51. The van der Waals surface area contributed by atoms with Crippen molar-refractivity contribution in [2.75, 3.05) is 45.2 Å². The molecule has 8 heteroatoms. The molecule has 0 unspecified atom stereocenters. The second kappa shape index (κ2) is 11.6. The summed E-state index contributed by atoms with van der Waals surface area (Å²) in [5.41, 5.74) is 0.815. The van der Waals surface area contributed by atoms with Gasteiger partial charge in [-0.05, 0) is 31.2 Å². The van der Waals surface area contributed by atoms with Gasteiger partial charge in [0.15, 0.2) is 0 Å². The molecule has 1 amide bonds. The lowest BCUT2D eigenvalue weighted by molar-refractivity contribution is -0.130. The number of hydrogen-bond acceptors (Lipinski definition) is 4. The average molecular weight is 385 g/mol. The Bertz CT molecular complexity index is 481. The predicted octanol–water partition coefficient (Wildman–Crippen LogP) is 2.82. The highest BCUT2D eigenvalue weighted by atomic mass is 35.5. The average Bonchev–Trinajstić information content (AvgIpc) is 2.76. The van der Waals surface area contributed by atoms with Gasteiger partial charge >= 0.3 is 0 Å². The summed E-state index contributed by atoms with van der Waals surface area (Å²) in [5.74, 6) is 0.915. The Balaban J connectivity index is 0.00000242. The molecule has 23 heavy (non-hydrogen) atoms. The van der Waals surface area contributed by atoms with Gasteiger partial charge in [0.2, 0.25) is 5.91 Å². The molecule has 5 nitrogen and oxygen atoms in total. The van der Waals surface area contributed by atoms with Crippen molar-refractivity contribution in [2.24, 2.45) is 0 Å². The molecule has 132 valence electrons. The minimum Gasteiger partial charge on any atom is -0.495 e. The van der Waals surface area contributed by atoms with Crippen LogP contribution in [0.5, 0.6) is 5.75 Å². The van der Waals surface area contributed by atoms with Gasteiger partial charge in [-0.15, -0.1) is 24.8 Å². The van der Waals surface area contributed by atoms with Gasteiger partial charge < -0.3 is 20.3 Å². The van der Waals surface area contributed by atoms with E-state index in [4.69, 9.17) is 16.3 Å². The summed E-state index contributed by atoms with van der Waals surface area (Å²) in [4.78, 5) is 14.1.